The normalized spacial score (nSPS) is 10.1. The molecule has 2 N–H and O–H groups in total. The Balaban J connectivity index is 2.25. The molecule has 0 bridgehead atoms. The molecule has 0 saturated carbocycles. The van der Waals surface area contributed by atoms with Crippen LogP contribution in [0.5, 0.6) is 11.5 Å². The number of hydrogen-bond donors (Lipinski definition) is 1. The number of carbonyl (C=O) groups excluding carboxylic acids is 1. The van der Waals surface area contributed by atoms with E-state index >= 15 is 0 Å². The molecule has 116 valence electrons. The lowest BCUT2D eigenvalue weighted by Crippen LogP contribution is -2.27. The van der Waals surface area contributed by atoms with Crippen molar-refractivity contribution in [3.63, 3.8) is 0 Å². The maximum Gasteiger partial charge on any atom is 0.256 e. The maximum absolute atomic E-state index is 12.6. The van der Waals surface area contributed by atoms with Crippen LogP contribution >= 0.6 is 0 Å². The third-order valence-corrected chi connectivity index (χ3v) is 3.40. The second kappa shape index (κ2) is 6.85. The van der Waals surface area contributed by atoms with Gasteiger partial charge in [0.05, 0.1) is 19.8 Å². The molecule has 0 fully saturated rings. The number of nitrogens with two attached hydrogens (primary N) is 1. The Morgan fingerprint density at radius 2 is 1.68 bits per heavy atom. The van der Waals surface area contributed by atoms with Crippen LogP contribution in [0.25, 0.3) is 0 Å². The van der Waals surface area contributed by atoms with Gasteiger partial charge in [0.2, 0.25) is 0 Å². The van der Waals surface area contributed by atoms with Crippen LogP contribution in [0.1, 0.15) is 15.9 Å². The molecule has 5 nitrogen and oxygen atoms in total. The Morgan fingerprint density at radius 1 is 1.09 bits per heavy atom. The van der Waals surface area contributed by atoms with Gasteiger partial charge >= 0.3 is 0 Å². The summed E-state index contributed by atoms with van der Waals surface area (Å²) in [5, 5.41) is 0. The summed E-state index contributed by atoms with van der Waals surface area (Å²) in [5.41, 5.74) is 7.79. The van der Waals surface area contributed by atoms with Crippen LogP contribution in [-0.4, -0.2) is 32.1 Å². The van der Waals surface area contributed by atoms with Crippen molar-refractivity contribution < 1.29 is 14.3 Å². The average Bonchev–Trinajstić information content (AvgIpc) is 2.54. The van der Waals surface area contributed by atoms with Crippen LogP contribution in [0.2, 0.25) is 0 Å². The number of methoxy groups -OCH3 is 2. The first-order chi connectivity index (χ1) is 10.6. The lowest BCUT2D eigenvalue weighted by Gasteiger charge is -2.19. The largest absolute Gasteiger partial charge is 0.493 e. The number of carbonyl (C=O) groups is 1. The van der Waals surface area contributed by atoms with Crippen molar-refractivity contribution in [3.8, 4) is 11.5 Å². The minimum absolute atomic E-state index is 0.165. The second-order valence-corrected chi connectivity index (χ2v) is 4.94. The van der Waals surface area contributed by atoms with Crippen LogP contribution in [0, 0.1) is 0 Å². The second-order valence-electron chi connectivity index (χ2n) is 4.94. The number of hydrogen-bond acceptors (Lipinski definition) is 4. The monoisotopic (exact) mass is 300 g/mol. The number of amides is 1. The fourth-order valence-electron chi connectivity index (χ4n) is 2.21. The van der Waals surface area contributed by atoms with Crippen molar-refractivity contribution in [2.45, 2.75) is 6.54 Å². The molecule has 0 aliphatic heterocycles. The Hall–Kier alpha value is -2.69. The minimum atomic E-state index is -0.165. The molecular weight excluding hydrogens is 280 g/mol. The standard InChI is InChI=1S/C17H20N2O3/c1-19(11-12-7-5-4-6-8-12)17(20)13-9-15(21-2)16(22-3)10-14(13)18/h4-10H,11,18H2,1-3H3. The Kier molecular flexibility index (Phi) is 4.88. The Labute approximate surface area is 130 Å². The highest BCUT2D eigenvalue weighted by Crippen LogP contribution is 2.32. The topological polar surface area (TPSA) is 64.8 Å². The van der Waals surface area contributed by atoms with Crippen molar-refractivity contribution in [2.24, 2.45) is 0 Å². The van der Waals surface area contributed by atoms with Gasteiger partial charge in [0, 0.05) is 25.3 Å². The van der Waals surface area contributed by atoms with Crippen LogP contribution < -0.4 is 15.2 Å². The molecule has 0 aliphatic carbocycles. The summed E-state index contributed by atoms with van der Waals surface area (Å²) in [7, 11) is 4.79. The van der Waals surface area contributed by atoms with Crippen LogP contribution in [0.4, 0.5) is 5.69 Å². The van der Waals surface area contributed by atoms with Gasteiger partial charge in [-0.05, 0) is 11.6 Å². The summed E-state index contributed by atoms with van der Waals surface area (Å²) in [6, 6.07) is 13.0. The smallest absolute Gasteiger partial charge is 0.256 e. The molecule has 0 atom stereocenters. The maximum atomic E-state index is 12.6. The molecule has 0 unspecified atom stereocenters. The lowest BCUT2D eigenvalue weighted by atomic mass is 10.1. The van der Waals surface area contributed by atoms with Crippen LogP contribution in [0.3, 0.4) is 0 Å². The fourth-order valence-corrected chi connectivity index (χ4v) is 2.21. The summed E-state index contributed by atoms with van der Waals surface area (Å²) in [4.78, 5) is 14.2. The molecule has 0 saturated heterocycles. The molecule has 22 heavy (non-hydrogen) atoms. The van der Waals surface area contributed by atoms with Gasteiger partial charge in [-0.15, -0.1) is 0 Å². The average molecular weight is 300 g/mol. The summed E-state index contributed by atoms with van der Waals surface area (Å²) >= 11 is 0. The van der Waals surface area contributed by atoms with Crippen molar-refractivity contribution in [1.29, 1.82) is 0 Å². The van der Waals surface area contributed by atoms with Gasteiger partial charge in [-0.25, -0.2) is 0 Å². The van der Waals surface area contributed by atoms with Gasteiger partial charge in [0.1, 0.15) is 0 Å². The molecular formula is C17H20N2O3. The summed E-state index contributed by atoms with van der Waals surface area (Å²) in [6.07, 6.45) is 0. The number of rotatable bonds is 5. The molecule has 0 spiro atoms. The van der Waals surface area contributed by atoms with E-state index in [0.717, 1.165) is 5.56 Å². The SMILES string of the molecule is COc1cc(N)c(C(=O)N(C)Cc2ccccc2)cc1OC. The molecule has 2 rings (SSSR count). The predicted octanol–water partition coefficient (Wildman–Crippen LogP) is 2.56. The highest BCUT2D eigenvalue weighted by Gasteiger charge is 2.18. The zero-order chi connectivity index (χ0) is 16.1. The molecule has 2 aromatic rings. The van der Waals surface area contributed by atoms with Gasteiger partial charge in [-0.2, -0.15) is 0 Å². The number of benzene rings is 2. The minimum Gasteiger partial charge on any atom is -0.493 e. The van der Waals surface area contributed by atoms with E-state index in [-0.39, 0.29) is 5.91 Å². The molecule has 2 aromatic carbocycles. The molecule has 0 heterocycles. The summed E-state index contributed by atoms with van der Waals surface area (Å²) in [5.74, 6) is 0.817. The van der Waals surface area contributed by atoms with Gasteiger partial charge < -0.3 is 20.1 Å². The van der Waals surface area contributed by atoms with E-state index in [2.05, 4.69) is 0 Å². The van der Waals surface area contributed by atoms with Crippen molar-refractivity contribution >= 4 is 11.6 Å². The van der Waals surface area contributed by atoms with E-state index < -0.39 is 0 Å². The van der Waals surface area contributed by atoms with E-state index in [9.17, 15) is 4.79 Å². The van der Waals surface area contributed by atoms with Gasteiger partial charge in [0.25, 0.3) is 5.91 Å². The quantitative estimate of drug-likeness (QED) is 0.862. The number of nitrogens with zero attached hydrogens (tertiary/aromatic N) is 1. The highest BCUT2D eigenvalue weighted by atomic mass is 16.5. The van der Waals surface area contributed by atoms with E-state index in [1.54, 1.807) is 24.1 Å². The van der Waals surface area contributed by atoms with Gasteiger partial charge in [-0.3, -0.25) is 4.79 Å². The fraction of sp³-hybridized carbons (Fsp3) is 0.235. The zero-order valence-electron chi connectivity index (χ0n) is 13.0. The first kappa shape index (κ1) is 15.7. The number of anilines is 1. The molecule has 0 aliphatic rings. The van der Waals surface area contributed by atoms with E-state index in [1.807, 2.05) is 30.3 Å². The van der Waals surface area contributed by atoms with Gasteiger partial charge in [-0.1, -0.05) is 30.3 Å². The van der Waals surface area contributed by atoms with Crippen molar-refractivity contribution in [1.82, 2.24) is 4.90 Å². The number of ether oxygens (including phenoxy) is 2. The predicted molar refractivity (Wildman–Crippen MR) is 86.2 cm³/mol. The Bertz CT molecular complexity index is 656. The van der Waals surface area contributed by atoms with E-state index in [0.29, 0.717) is 29.3 Å². The molecule has 0 radical (unpaired) electrons. The first-order valence-corrected chi connectivity index (χ1v) is 6.87. The van der Waals surface area contributed by atoms with E-state index in [4.69, 9.17) is 15.2 Å². The van der Waals surface area contributed by atoms with Gasteiger partial charge in [0.15, 0.2) is 11.5 Å². The van der Waals surface area contributed by atoms with Crippen molar-refractivity contribution in [3.05, 3.63) is 53.6 Å². The Morgan fingerprint density at radius 3 is 2.27 bits per heavy atom. The van der Waals surface area contributed by atoms with Crippen LogP contribution in [-0.2, 0) is 6.54 Å². The highest BCUT2D eigenvalue weighted by molar-refractivity contribution is 5.99. The van der Waals surface area contributed by atoms with Crippen LogP contribution in [0.15, 0.2) is 42.5 Å². The molecule has 1 amide bonds. The zero-order valence-corrected chi connectivity index (χ0v) is 13.0. The lowest BCUT2D eigenvalue weighted by molar-refractivity contribution is 0.0785. The summed E-state index contributed by atoms with van der Waals surface area (Å²) < 4.78 is 10.4. The third kappa shape index (κ3) is 3.31. The third-order valence-electron chi connectivity index (χ3n) is 3.40. The molecule has 0 aromatic heterocycles. The van der Waals surface area contributed by atoms with E-state index in [1.165, 1.54) is 14.2 Å². The molecule has 5 heteroatoms. The van der Waals surface area contributed by atoms with Crippen molar-refractivity contribution in [2.75, 3.05) is 27.0 Å². The first-order valence-electron chi connectivity index (χ1n) is 6.87. The number of nitrogen functional groups attached to an aromatic ring is 1. The summed E-state index contributed by atoms with van der Waals surface area (Å²) in [6.45, 7) is 0.507.